The van der Waals surface area contributed by atoms with Gasteiger partial charge >= 0.3 is 5.97 Å². The third-order valence-electron chi connectivity index (χ3n) is 2.61. The molecule has 1 amide bonds. The lowest BCUT2D eigenvalue weighted by Gasteiger charge is -2.19. The van der Waals surface area contributed by atoms with Crippen LogP contribution in [0.3, 0.4) is 0 Å². The standard InChI is InChI=1S/C10H19N4O3/c1-6(9(15)12-7(2)10(16)17)13-14-8-3-4-11-5-8/h6-8,13-14H,3-5H2,1-2H3,(H,12,15)(H,16,17)/t6-,7-,8?/m0/s1. The SMILES string of the molecule is C[C@H](NC(=O)[C@H](C)NNC1CC[N]C1)C(=O)O. The molecule has 1 aliphatic rings. The zero-order valence-corrected chi connectivity index (χ0v) is 10.1. The van der Waals surface area contributed by atoms with Gasteiger partial charge in [-0.3, -0.25) is 15.0 Å². The highest BCUT2D eigenvalue weighted by Crippen LogP contribution is 1.97. The normalized spacial score (nSPS) is 23.1. The Balaban J connectivity index is 2.23. The monoisotopic (exact) mass is 243 g/mol. The Labute approximate surface area is 100 Å². The van der Waals surface area contributed by atoms with Crippen LogP contribution in [0.4, 0.5) is 0 Å². The van der Waals surface area contributed by atoms with E-state index in [0.717, 1.165) is 19.5 Å². The quantitative estimate of drug-likeness (QED) is 0.422. The zero-order chi connectivity index (χ0) is 12.8. The van der Waals surface area contributed by atoms with Crippen molar-refractivity contribution in [3.63, 3.8) is 0 Å². The van der Waals surface area contributed by atoms with Crippen molar-refractivity contribution in [3.05, 3.63) is 0 Å². The number of hydrazine groups is 1. The number of carbonyl (C=O) groups excluding carboxylic acids is 1. The minimum Gasteiger partial charge on any atom is -0.480 e. The Morgan fingerprint density at radius 1 is 1.35 bits per heavy atom. The van der Waals surface area contributed by atoms with Crippen molar-refractivity contribution < 1.29 is 14.7 Å². The van der Waals surface area contributed by atoms with Gasteiger partial charge in [-0.05, 0) is 20.3 Å². The number of nitrogens with one attached hydrogen (secondary N) is 3. The third-order valence-corrected chi connectivity index (χ3v) is 2.61. The summed E-state index contributed by atoms with van der Waals surface area (Å²) in [7, 11) is 0. The van der Waals surface area contributed by atoms with Crippen LogP contribution in [0.2, 0.25) is 0 Å². The Morgan fingerprint density at radius 3 is 2.59 bits per heavy atom. The number of amides is 1. The van der Waals surface area contributed by atoms with Crippen LogP contribution in [0.5, 0.6) is 0 Å². The molecule has 1 aliphatic heterocycles. The summed E-state index contributed by atoms with van der Waals surface area (Å²) >= 11 is 0. The average molecular weight is 243 g/mol. The molecule has 0 aromatic rings. The van der Waals surface area contributed by atoms with Crippen LogP contribution in [-0.4, -0.2) is 48.2 Å². The lowest BCUT2D eigenvalue weighted by Crippen LogP contribution is -2.54. The summed E-state index contributed by atoms with van der Waals surface area (Å²) in [6.07, 6.45) is 0.951. The maximum absolute atomic E-state index is 11.6. The van der Waals surface area contributed by atoms with Crippen molar-refractivity contribution in [3.8, 4) is 0 Å². The second kappa shape index (κ2) is 6.53. The Kier molecular flexibility index (Phi) is 5.33. The van der Waals surface area contributed by atoms with Crippen LogP contribution in [0.15, 0.2) is 0 Å². The molecule has 1 rings (SSSR count). The highest BCUT2D eigenvalue weighted by Gasteiger charge is 2.20. The summed E-state index contributed by atoms with van der Waals surface area (Å²) in [4.78, 5) is 22.1. The van der Waals surface area contributed by atoms with Crippen LogP contribution in [0, 0.1) is 0 Å². The van der Waals surface area contributed by atoms with E-state index in [1.165, 1.54) is 6.92 Å². The van der Waals surface area contributed by atoms with Crippen LogP contribution < -0.4 is 21.5 Å². The van der Waals surface area contributed by atoms with Gasteiger partial charge in [0.25, 0.3) is 0 Å². The van der Waals surface area contributed by atoms with Gasteiger partial charge in [0.05, 0.1) is 6.04 Å². The van der Waals surface area contributed by atoms with Gasteiger partial charge in [-0.1, -0.05) is 0 Å². The lowest BCUT2D eigenvalue weighted by atomic mass is 10.2. The number of carboxylic acids is 1. The molecule has 17 heavy (non-hydrogen) atoms. The highest BCUT2D eigenvalue weighted by molar-refractivity contribution is 5.86. The van der Waals surface area contributed by atoms with Crippen molar-refractivity contribution in [2.75, 3.05) is 13.1 Å². The molecule has 1 unspecified atom stereocenters. The van der Waals surface area contributed by atoms with Gasteiger partial charge in [0.1, 0.15) is 6.04 Å². The molecular weight excluding hydrogens is 224 g/mol. The molecule has 1 saturated heterocycles. The first-order valence-corrected chi connectivity index (χ1v) is 5.68. The molecule has 0 spiro atoms. The Bertz CT molecular complexity index is 279. The number of carbonyl (C=O) groups is 2. The maximum Gasteiger partial charge on any atom is 0.325 e. The fourth-order valence-corrected chi connectivity index (χ4v) is 1.41. The van der Waals surface area contributed by atoms with Gasteiger partial charge in [-0.25, -0.2) is 10.7 Å². The molecule has 0 aliphatic carbocycles. The Morgan fingerprint density at radius 2 is 2.06 bits per heavy atom. The Hall–Kier alpha value is -1.18. The van der Waals surface area contributed by atoms with E-state index in [1.807, 2.05) is 0 Å². The van der Waals surface area contributed by atoms with Gasteiger partial charge in [0.15, 0.2) is 0 Å². The van der Waals surface area contributed by atoms with Crippen molar-refractivity contribution in [1.29, 1.82) is 0 Å². The topological polar surface area (TPSA) is 105 Å². The van der Waals surface area contributed by atoms with E-state index in [-0.39, 0.29) is 11.9 Å². The largest absolute Gasteiger partial charge is 0.480 e. The molecule has 3 atom stereocenters. The number of nitrogens with zero attached hydrogens (tertiary/aromatic N) is 1. The predicted octanol–water partition coefficient (Wildman–Crippen LogP) is -1.56. The highest BCUT2D eigenvalue weighted by atomic mass is 16.4. The molecule has 4 N–H and O–H groups in total. The van der Waals surface area contributed by atoms with Crippen molar-refractivity contribution in [2.45, 2.75) is 38.4 Å². The molecule has 0 bridgehead atoms. The second-order valence-corrected chi connectivity index (χ2v) is 4.19. The van der Waals surface area contributed by atoms with E-state index in [4.69, 9.17) is 5.11 Å². The first-order valence-electron chi connectivity index (χ1n) is 5.68. The number of rotatable bonds is 6. The molecule has 97 valence electrons. The maximum atomic E-state index is 11.6. The van der Waals surface area contributed by atoms with Crippen molar-refractivity contribution in [1.82, 2.24) is 21.5 Å². The van der Waals surface area contributed by atoms with Crippen molar-refractivity contribution in [2.24, 2.45) is 0 Å². The minimum atomic E-state index is -1.05. The molecular formula is C10H19N4O3. The summed E-state index contributed by atoms with van der Waals surface area (Å²) in [5.74, 6) is -1.39. The summed E-state index contributed by atoms with van der Waals surface area (Å²) in [6.45, 7) is 4.68. The van der Waals surface area contributed by atoms with Crippen molar-refractivity contribution >= 4 is 11.9 Å². The van der Waals surface area contributed by atoms with Gasteiger partial charge in [0.2, 0.25) is 5.91 Å². The lowest BCUT2D eigenvalue weighted by molar-refractivity contribution is -0.141. The first kappa shape index (κ1) is 13.9. The van der Waals surface area contributed by atoms with E-state index in [1.54, 1.807) is 6.92 Å². The van der Waals surface area contributed by atoms with Crippen LogP contribution in [-0.2, 0) is 9.59 Å². The predicted molar refractivity (Wildman–Crippen MR) is 61.2 cm³/mol. The second-order valence-electron chi connectivity index (χ2n) is 4.19. The molecule has 0 saturated carbocycles. The summed E-state index contributed by atoms with van der Waals surface area (Å²) in [6, 6.07) is -1.12. The van der Waals surface area contributed by atoms with Crippen LogP contribution in [0.25, 0.3) is 0 Å². The molecule has 7 heteroatoms. The van der Waals surface area contributed by atoms with Gasteiger partial charge in [0, 0.05) is 19.1 Å². The third kappa shape index (κ3) is 4.68. The van der Waals surface area contributed by atoms with Crippen LogP contribution in [0.1, 0.15) is 20.3 Å². The molecule has 0 aromatic carbocycles. The number of aliphatic carboxylic acids is 1. The van der Waals surface area contributed by atoms with Gasteiger partial charge in [-0.15, -0.1) is 0 Å². The minimum absolute atomic E-state index is 0.252. The van der Waals surface area contributed by atoms with E-state index in [0.29, 0.717) is 0 Å². The fraction of sp³-hybridized carbons (Fsp3) is 0.800. The molecule has 1 fully saturated rings. The molecule has 0 aromatic heterocycles. The van der Waals surface area contributed by atoms with E-state index < -0.39 is 18.1 Å². The summed E-state index contributed by atoms with van der Waals surface area (Å²) in [5, 5.41) is 15.2. The molecule has 1 heterocycles. The average Bonchev–Trinajstić information content (AvgIpc) is 2.78. The van der Waals surface area contributed by atoms with Crippen LogP contribution >= 0.6 is 0 Å². The zero-order valence-electron chi connectivity index (χ0n) is 10.1. The van der Waals surface area contributed by atoms with Gasteiger partial charge < -0.3 is 10.4 Å². The molecule has 7 nitrogen and oxygen atoms in total. The van der Waals surface area contributed by atoms with E-state index >= 15 is 0 Å². The first-order chi connectivity index (χ1) is 8.00. The van der Waals surface area contributed by atoms with E-state index in [2.05, 4.69) is 21.5 Å². The fourth-order valence-electron chi connectivity index (χ4n) is 1.41. The smallest absolute Gasteiger partial charge is 0.325 e. The van der Waals surface area contributed by atoms with Gasteiger partial charge in [-0.2, -0.15) is 0 Å². The number of hydrogen-bond acceptors (Lipinski definition) is 4. The number of hydrogen-bond donors (Lipinski definition) is 4. The van der Waals surface area contributed by atoms with E-state index in [9.17, 15) is 9.59 Å². The summed E-state index contributed by atoms with van der Waals surface area (Å²) in [5.41, 5.74) is 5.87. The summed E-state index contributed by atoms with van der Waals surface area (Å²) < 4.78 is 0. The number of carboxylic acid groups (broad SMARTS) is 1. The molecule has 1 radical (unpaired) electrons.